The number of benzene rings is 4. The molecule has 1 amide bonds. The number of nitrogens with one attached hydrogen (secondary N) is 1. The van der Waals surface area contributed by atoms with Gasteiger partial charge in [0.2, 0.25) is 0 Å². The van der Waals surface area contributed by atoms with Gasteiger partial charge >= 0.3 is 5.97 Å². The average molecular weight is 588 g/mol. The van der Waals surface area contributed by atoms with E-state index in [1.165, 1.54) is 6.08 Å². The van der Waals surface area contributed by atoms with Crippen molar-refractivity contribution in [3.05, 3.63) is 129 Å². The van der Waals surface area contributed by atoms with Crippen LogP contribution in [0.15, 0.2) is 91.0 Å². The number of fused-ring (bicyclic) bond motifs is 1. The molecule has 0 spiro atoms. The molecule has 4 aromatic carbocycles. The first-order valence-corrected chi connectivity index (χ1v) is 13.3. The Morgan fingerprint density at radius 1 is 0.878 bits per heavy atom. The molecule has 7 nitrogen and oxygen atoms in total. The summed E-state index contributed by atoms with van der Waals surface area (Å²) in [7, 11) is 0. The number of ether oxygens (including phenoxy) is 3. The molecule has 0 atom stereocenters. The molecule has 0 aromatic heterocycles. The number of amides is 1. The van der Waals surface area contributed by atoms with Crippen LogP contribution in [0.1, 0.15) is 37.4 Å². The quantitative estimate of drug-likeness (QED) is 0.120. The first-order chi connectivity index (χ1) is 19.8. The van der Waals surface area contributed by atoms with Gasteiger partial charge in [-0.2, -0.15) is 0 Å². The number of esters is 1. The third kappa shape index (κ3) is 7.33. The van der Waals surface area contributed by atoms with Crippen molar-refractivity contribution < 1.29 is 28.6 Å². The third-order valence-electron chi connectivity index (χ3n) is 6.19. The van der Waals surface area contributed by atoms with Gasteiger partial charge < -0.3 is 19.5 Å². The van der Waals surface area contributed by atoms with E-state index < -0.39 is 0 Å². The average Bonchev–Trinajstić information content (AvgIpc) is 3.35. The molecule has 0 fully saturated rings. The summed E-state index contributed by atoms with van der Waals surface area (Å²) in [6, 6.07) is 24.1. The fourth-order valence-electron chi connectivity index (χ4n) is 4.02. The Balaban J connectivity index is 1.08. The monoisotopic (exact) mass is 587 g/mol. The van der Waals surface area contributed by atoms with Crippen molar-refractivity contribution in [1.82, 2.24) is 0 Å². The Morgan fingerprint density at radius 3 is 2.37 bits per heavy atom. The van der Waals surface area contributed by atoms with Crippen molar-refractivity contribution in [2.75, 3.05) is 11.9 Å². The first kappa shape index (κ1) is 28.0. The van der Waals surface area contributed by atoms with Gasteiger partial charge in [-0.25, -0.2) is 4.79 Å². The summed E-state index contributed by atoms with van der Waals surface area (Å²) in [4.78, 5) is 36.4. The summed E-state index contributed by atoms with van der Waals surface area (Å²) < 4.78 is 16.3. The Hall–Kier alpha value is -4.59. The summed E-state index contributed by atoms with van der Waals surface area (Å²) in [6.45, 7) is 0.283. The van der Waals surface area contributed by atoms with Crippen LogP contribution in [0.5, 0.6) is 11.5 Å². The van der Waals surface area contributed by atoms with E-state index in [0.717, 1.165) is 16.7 Å². The second-order valence-corrected chi connectivity index (χ2v) is 9.94. The van der Waals surface area contributed by atoms with Gasteiger partial charge in [0.25, 0.3) is 5.91 Å². The summed E-state index contributed by atoms with van der Waals surface area (Å²) in [5, 5.41) is 3.84. The van der Waals surface area contributed by atoms with E-state index in [-0.39, 0.29) is 30.9 Å². The van der Waals surface area contributed by atoms with Crippen LogP contribution in [0.25, 0.3) is 6.08 Å². The molecule has 0 saturated heterocycles. The van der Waals surface area contributed by atoms with Crippen LogP contribution in [0.3, 0.4) is 0 Å². The zero-order valence-corrected chi connectivity index (χ0v) is 23.1. The lowest BCUT2D eigenvalue weighted by Gasteiger charge is -2.09. The lowest BCUT2D eigenvalue weighted by Crippen LogP contribution is -2.20. The van der Waals surface area contributed by atoms with E-state index in [2.05, 4.69) is 5.32 Å². The van der Waals surface area contributed by atoms with Crippen LogP contribution in [-0.4, -0.2) is 24.3 Å². The largest absolute Gasteiger partial charge is 0.489 e. The van der Waals surface area contributed by atoms with Crippen LogP contribution in [0.4, 0.5) is 5.69 Å². The van der Waals surface area contributed by atoms with E-state index in [0.29, 0.717) is 45.0 Å². The van der Waals surface area contributed by atoms with Gasteiger partial charge in [0.15, 0.2) is 12.4 Å². The number of hydrogen-bond donors (Lipinski definition) is 1. The number of ketones is 1. The lowest BCUT2D eigenvalue weighted by molar-refractivity contribution is -0.118. The maximum Gasteiger partial charge on any atom is 0.338 e. The highest BCUT2D eigenvalue weighted by atomic mass is 35.5. The Morgan fingerprint density at radius 2 is 1.61 bits per heavy atom. The Bertz CT molecular complexity index is 1630. The Labute approximate surface area is 246 Å². The van der Waals surface area contributed by atoms with E-state index in [4.69, 9.17) is 37.4 Å². The van der Waals surface area contributed by atoms with Gasteiger partial charge in [0.1, 0.15) is 24.7 Å². The van der Waals surface area contributed by atoms with Crippen LogP contribution in [0, 0.1) is 0 Å². The topological polar surface area (TPSA) is 90.9 Å². The van der Waals surface area contributed by atoms with Gasteiger partial charge in [-0.1, -0.05) is 47.5 Å². The number of halogens is 2. The predicted octanol–water partition coefficient (Wildman–Crippen LogP) is 7.16. The van der Waals surface area contributed by atoms with Crippen LogP contribution in [-0.2, 0) is 22.7 Å². The third-order valence-corrected chi connectivity index (χ3v) is 6.78. The number of cyclic esters (lactones) is 1. The fraction of sp³-hybridized carbons (Fsp3) is 0.0938. The number of rotatable bonds is 10. The molecule has 1 aliphatic heterocycles. The van der Waals surface area contributed by atoms with Crippen molar-refractivity contribution in [3.63, 3.8) is 0 Å². The first-order valence-electron chi connectivity index (χ1n) is 12.6. The number of carbonyl (C=O) groups excluding carboxylic acids is 3. The highest BCUT2D eigenvalue weighted by Gasteiger charge is 2.21. The van der Waals surface area contributed by atoms with Crippen molar-refractivity contribution >= 4 is 52.6 Å². The molecule has 5 rings (SSSR count). The fourth-order valence-corrected chi connectivity index (χ4v) is 4.48. The van der Waals surface area contributed by atoms with Crippen molar-refractivity contribution in [3.8, 4) is 11.5 Å². The zero-order chi connectivity index (χ0) is 28.8. The molecule has 41 heavy (non-hydrogen) atoms. The van der Waals surface area contributed by atoms with E-state index >= 15 is 0 Å². The highest BCUT2D eigenvalue weighted by molar-refractivity contribution is 6.35. The van der Waals surface area contributed by atoms with Gasteiger partial charge in [0.05, 0.1) is 5.56 Å². The minimum absolute atomic E-state index is 0.175. The standard InChI is InChI=1S/C32H23Cl2NO6/c33-24-7-4-22(29(34)16-24)17-39-26-9-1-20(2-10-26)3-14-30(36)21-5-11-27(12-6-21)40-19-31(37)35-25-8-13-28-23(15-25)18-41-32(28)38/h1-16H,17-19H2,(H,35,37)/b14-3+. The summed E-state index contributed by atoms with van der Waals surface area (Å²) in [5.74, 6) is 0.219. The summed E-state index contributed by atoms with van der Waals surface area (Å²) in [5.41, 5.74) is 3.93. The maximum absolute atomic E-state index is 12.6. The predicted molar refractivity (Wildman–Crippen MR) is 157 cm³/mol. The number of hydrogen-bond acceptors (Lipinski definition) is 6. The molecular formula is C32H23Cl2NO6. The second kappa shape index (κ2) is 12.7. The Kier molecular flexibility index (Phi) is 8.67. The molecule has 0 unspecified atom stereocenters. The molecule has 9 heteroatoms. The molecule has 1 heterocycles. The highest BCUT2D eigenvalue weighted by Crippen LogP contribution is 2.24. The van der Waals surface area contributed by atoms with Crippen molar-refractivity contribution in [1.29, 1.82) is 0 Å². The van der Waals surface area contributed by atoms with Crippen LogP contribution in [0.2, 0.25) is 10.0 Å². The smallest absolute Gasteiger partial charge is 0.338 e. The van der Waals surface area contributed by atoms with E-state index in [1.54, 1.807) is 60.7 Å². The van der Waals surface area contributed by atoms with Crippen molar-refractivity contribution in [2.45, 2.75) is 13.2 Å². The van der Waals surface area contributed by atoms with Crippen LogP contribution >= 0.6 is 23.2 Å². The number of allylic oxidation sites excluding steroid dienone is 1. The van der Waals surface area contributed by atoms with Crippen LogP contribution < -0.4 is 14.8 Å². The minimum Gasteiger partial charge on any atom is -0.489 e. The zero-order valence-electron chi connectivity index (χ0n) is 21.6. The van der Waals surface area contributed by atoms with Gasteiger partial charge in [-0.15, -0.1) is 0 Å². The molecule has 0 radical (unpaired) electrons. The molecule has 1 N–H and O–H groups in total. The van der Waals surface area contributed by atoms with Gasteiger partial charge in [-0.05, 0) is 78.4 Å². The van der Waals surface area contributed by atoms with Gasteiger partial charge in [0, 0.05) is 32.4 Å². The lowest BCUT2D eigenvalue weighted by atomic mass is 10.1. The molecule has 0 aliphatic carbocycles. The van der Waals surface area contributed by atoms with Crippen molar-refractivity contribution in [2.24, 2.45) is 0 Å². The molecule has 206 valence electrons. The second-order valence-electron chi connectivity index (χ2n) is 9.10. The maximum atomic E-state index is 12.6. The molecular weight excluding hydrogens is 565 g/mol. The molecule has 0 bridgehead atoms. The number of carbonyl (C=O) groups is 3. The summed E-state index contributed by atoms with van der Waals surface area (Å²) >= 11 is 12.1. The van der Waals surface area contributed by atoms with Gasteiger partial charge in [-0.3, -0.25) is 9.59 Å². The minimum atomic E-state index is -0.365. The summed E-state index contributed by atoms with van der Waals surface area (Å²) in [6.07, 6.45) is 3.21. The van der Waals surface area contributed by atoms with E-state index in [9.17, 15) is 14.4 Å². The molecule has 0 saturated carbocycles. The SMILES string of the molecule is O=C(COc1ccc(C(=O)/C=C/c2ccc(OCc3ccc(Cl)cc3Cl)cc2)cc1)Nc1ccc2c(c1)COC2=O. The van der Waals surface area contributed by atoms with E-state index in [1.807, 2.05) is 30.3 Å². The normalized spacial score (nSPS) is 12.1. The number of anilines is 1. The molecule has 4 aromatic rings. The molecule has 1 aliphatic rings.